The molecule has 2 heterocycles. The number of nitrogens with zero attached hydrogens (tertiary/aromatic N) is 2. The van der Waals surface area contributed by atoms with E-state index in [0.717, 1.165) is 10.7 Å². The maximum Gasteiger partial charge on any atom is 0.231 e. The molecule has 1 N–H and O–H groups in total. The van der Waals surface area contributed by atoms with Gasteiger partial charge in [0, 0.05) is 17.3 Å². The minimum absolute atomic E-state index is 0.0673. The van der Waals surface area contributed by atoms with Gasteiger partial charge >= 0.3 is 0 Å². The molecule has 2 aromatic heterocycles. The maximum absolute atomic E-state index is 11.6. The van der Waals surface area contributed by atoms with Gasteiger partial charge in [-0.05, 0) is 19.1 Å². The van der Waals surface area contributed by atoms with Crippen LogP contribution in [0.4, 0.5) is 5.69 Å². The molecule has 2 rings (SSSR count). The van der Waals surface area contributed by atoms with E-state index in [4.69, 9.17) is 0 Å². The van der Waals surface area contributed by atoms with Gasteiger partial charge in [0.25, 0.3) is 0 Å². The molecule has 5 heteroatoms. The third-order valence-corrected chi connectivity index (χ3v) is 2.89. The molecule has 16 heavy (non-hydrogen) atoms. The van der Waals surface area contributed by atoms with Gasteiger partial charge < -0.3 is 5.32 Å². The number of hydrogen-bond donors (Lipinski definition) is 1. The van der Waals surface area contributed by atoms with Crippen molar-refractivity contribution in [3.63, 3.8) is 0 Å². The van der Waals surface area contributed by atoms with Crippen LogP contribution in [0.1, 0.15) is 10.7 Å². The van der Waals surface area contributed by atoms with Gasteiger partial charge in [0.1, 0.15) is 5.01 Å². The SMILES string of the molecule is Cc1csc(CC(=O)Nc2cccnc2)n1. The lowest BCUT2D eigenvalue weighted by atomic mass is 10.3. The first-order valence-corrected chi connectivity index (χ1v) is 5.73. The highest BCUT2D eigenvalue weighted by Crippen LogP contribution is 2.10. The molecule has 0 aliphatic heterocycles. The van der Waals surface area contributed by atoms with Crippen molar-refractivity contribution >= 4 is 22.9 Å². The molecule has 0 aliphatic carbocycles. The highest BCUT2D eigenvalue weighted by atomic mass is 32.1. The van der Waals surface area contributed by atoms with Crippen molar-refractivity contribution in [2.24, 2.45) is 0 Å². The molecule has 0 saturated heterocycles. The first-order valence-electron chi connectivity index (χ1n) is 4.85. The fourth-order valence-electron chi connectivity index (χ4n) is 1.26. The van der Waals surface area contributed by atoms with Crippen LogP contribution in [-0.4, -0.2) is 15.9 Å². The number of hydrogen-bond acceptors (Lipinski definition) is 4. The van der Waals surface area contributed by atoms with Crippen LogP contribution in [0, 0.1) is 6.92 Å². The Morgan fingerprint density at radius 3 is 3.06 bits per heavy atom. The lowest BCUT2D eigenvalue weighted by Crippen LogP contribution is -2.14. The molecule has 0 radical (unpaired) electrons. The molecular weight excluding hydrogens is 222 g/mol. The number of anilines is 1. The van der Waals surface area contributed by atoms with E-state index in [2.05, 4.69) is 15.3 Å². The largest absolute Gasteiger partial charge is 0.324 e. The molecule has 0 fully saturated rings. The van der Waals surface area contributed by atoms with Crippen LogP contribution in [0.15, 0.2) is 29.9 Å². The van der Waals surface area contributed by atoms with Crippen LogP contribution in [0.25, 0.3) is 0 Å². The van der Waals surface area contributed by atoms with Crippen molar-refractivity contribution in [2.75, 3.05) is 5.32 Å². The fraction of sp³-hybridized carbons (Fsp3) is 0.182. The maximum atomic E-state index is 11.6. The van der Waals surface area contributed by atoms with Gasteiger partial charge in [-0.2, -0.15) is 0 Å². The number of carbonyl (C=O) groups is 1. The third-order valence-electron chi connectivity index (χ3n) is 1.92. The summed E-state index contributed by atoms with van der Waals surface area (Å²) in [6.07, 6.45) is 3.60. The Kier molecular flexibility index (Phi) is 3.26. The molecular formula is C11H11N3OS. The standard InChI is InChI=1S/C11H11N3OS/c1-8-7-16-11(13-8)5-10(15)14-9-3-2-4-12-6-9/h2-4,6-7H,5H2,1H3,(H,14,15). The van der Waals surface area contributed by atoms with E-state index in [9.17, 15) is 4.79 Å². The van der Waals surface area contributed by atoms with Gasteiger partial charge in [-0.3, -0.25) is 9.78 Å². The Labute approximate surface area is 97.4 Å². The van der Waals surface area contributed by atoms with Crippen LogP contribution in [-0.2, 0) is 11.2 Å². The summed E-state index contributed by atoms with van der Waals surface area (Å²) in [5, 5.41) is 5.53. The summed E-state index contributed by atoms with van der Waals surface area (Å²) in [5.74, 6) is -0.0673. The Bertz CT molecular complexity index is 481. The van der Waals surface area contributed by atoms with Gasteiger partial charge in [-0.1, -0.05) is 0 Å². The molecule has 1 amide bonds. The Morgan fingerprint density at radius 2 is 2.44 bits per heavy atom. The normalized spacial score (nSPS) is 10.1. The molecule has 82 valence electrons. The fourth-order valence-corrected chi connectivity index (χ4v) is 2.03. The summed E-state index contributed by atoms with van der Waals surface area (Å²) in [7, 11) is 0. The van der Waals surface area contributed by atoms with Crippen molar-refractivity contribution in [3.05, 3.63) is 40.6 Å². The predicted molar refractivity (Wildman–Crippen MR) is 63.4 cm³/mol. The van der Waals surface area contributed by atoms with Gasteiger partial charge in [0.2, 0.25) is 5.91 Å². The highest BCUT2D eigenvalue weighted by Gasteiger charge is 2.06. The van der Waals surface area contributed by atoms with Crippen LogP contribution < -0.4 is 5.32 Å². The van der Waals surface area contributed by atoms with Crippen molar-refractivity contribution in [2.45, 2.75) is 13.3 Å². The van der Waals surface area contributed by atoms with E-state index in [1.807, 2.05) is 12.3 Å². The smallest absolute Gasteiger partial charge is 0.231 e. The molecule has 0 saturated carbocycles. The molecule has 0 spiro atoms. The first kappa shape index (κ1) is 10.8. The topological polar surface area (TPSA) is 54.9 Å². The van der Waals surface area contributed by atoms with Gasteiger partial charge in [0.05, 0.1) is 18.3 Å². The third kappa shape index (κ3) is 2.87. The highest BCUT2D eigenvalue weighted by molar-refractivity contribution is 7.09. The van der Waals surface area contributed by atoms with Crippen LogP contribution in [0.5, 0.6) is 0 Å². The Hall–Kier alpha value is -1.75. The number of nitrogens with one attached hydrogen (secondary N) is 1. The second kappa shape index (κ2) is 4.85. The van der Waals surface area contributed by atoms with Crippen LogP contribution in [0.2, 0.25) is 0 Å². The molecule has 0 aliphatic rings. The Morgan fingerprint density at radius 1 is 1.56 bits per heavy atom. The van der Waals surface area contributed by atoms with Gasteiger partial charge in [-0.15, -0.1) is 11.3 Å². The summed E-state index contributed by atoms with van der Waals surface area (Å²) >= 11 is 1.50. The van der Waals surface area contributed by atoms with Crippen LogP contribution >= 0.6 is 11.3 Å². The zero-order valence-corrected chi connectivity index (χ0v) is 9.62. The van der Waals surface area contributed by atoms with Crippen LogP contribution in [0.3, 0.4) is 0 Å². The zero-order chi connectivity index (χ0) is 11.4. The monoisotopic (exact) mass is 233 g/mol. The number of carbonyl (C=O) groups excluding carboxylic acids is 1. The number of amides is 1. The molecule has 0 bridgehead atoms. The van der Waals surface area contributed by atoms with E-state index in [0.29, 0.717) is 12.1 Å². The van der Waals surface area contributed by atoms with Gasteiger partial charge in [-0.25, -0.2) is 4.98 Å². The average molecular weight is 233 g/mol. The molecule has 0 aromatic carbocycles. The Balaban J connectivity index is 1.95. The second-order valence-corrected chi connectivity index (χ2v) is 4.29. The minimum Gasteiger partial charge on any atom is -0.324 e. The number of rotatable bonds is 3. The second-order valence-electron chi connectivity index (χ2n) is 3.35. The number of aromatic nitrogens is 2. The summed E-state index contributed by atoms with van der Waals surface area (Å²) in [4.78, 5) is 19.8. The van der Waals surface area contributed by atoms with E-state index in [1.165, 1.54) is 11.3 Å². The number of pyridine rings is 1. The van der Waals surface area contributed by atoms with Crippen molar-refractivity contribution < 1.29 is 4.79 Å². The van der Waals surface area contributed by atoms with Crippen molar-refractivity contribution in [1.82, 2.24) is 9.97 Å². The van der Waals surface area contributed by atoms with E-state index in [1.54, 1.807) is 24.5 Å². The quantitative estimate of drug-likeness (QED) is 0.882. The average Bonchev–Trinajstić information content (AvgIpc) is 2.65. The molecule has 4 nitrogen and oxygen atoms in total. The summed E-state index contributed by atoms with van der Waals surface area (Å²) < 4.78 is 0. The van der Waals surface area contributed by atoms with E-state index in [-0.39, 0.29) is 5.91 Å². The summed E-state index contributed by atoms with van der Waals surface area (Å²) in [6.45, 7) is 1.92. The molecule has 2 aromatic rings. The molecule has 0 unspecified atom stereocenters. The zero-order valence-electron chi connectivity index (χ0n) is 8.80. The first-order chi connectivity index (χ1) is 7.74. The lowest BCUT2D eigenvalue weighted by molar-refractivity contribution is -0.115. The van der Waals surface area contributed by atoms with Gasteiger partial charge in [0.15, 0.2) is 0 Å². The minimum atomic E-state index is -0.0673. The summed E-state index contributed by atoms with van der Waals surface area (Å²) in [6, 6.07) is 3.58. The van der Waals surface area contributed by atoms with Crippen molar-refractivity contribution in [1.29, 1.82) is 0 Å². The van der Waals surface area contributed by atoms with E-state index < -0.39 is 0 Å². The van der Waals surface area contributed by atoms with Crippen molar-refractivity contribution in [3.8, 4) is 0 Å². The van der Waals surface area contributed by atoms with E-state index >= 15 is 0 Å². The molecule has 0 atom stereocenters. The number of thiazole rings is 1. The summed E-state index contributed by atoms with van der Waals surface area (Å²) in [5.41, 5.74) is 1.66. The predicted octanol–water partition coefficient (Wildman–Crippen LogP) is 2.03. The lowest BCUT2D eigenvalue weighted by Gasteiger charge is -2.02. The number of aryl methyl sites for hydroxylation is 1.